The number of nitrogens with zero attached hydrogens (tertiary/aromatic N) is 1. The second kappa shape index (κ2) is 9.04. The van der Waals surface area contributed by atoms with E-state index in [1.165, 1.54) is 36.4 Å². The first kappa shape index (κ1) is 23.7. The van der Waals surface area contributed by atoms with Crippen molar-refractivity contribution in [3.05, 3.63) is 68.3 Å². The van der Waals surface area contributed by atoms with Gasteiger partial charge in [-0.05, 0) is 30.3 Å². The van der Waals surface area contributed by atoms with Crippen LogP contribution in [-0.2, 0) is 0 Å². The van der Waals surface area contributed by atoms with Crippen molar-refractivity contribution in [1.82, 2.24) is 0 Å². The van der Waals surface area contributed by atoms with Gasteiger partial charge in [-0.15, -0.1) is 0 Å². The first-order chi connectivity index (χ1) is 13.3. The second-order valence-corrected chi connectivity index (χ2v) is 6.97. The standard InChI is InChI=1S/C17H8Cl4F6N2/c18-8-3-1-4-9(19)14(8)28-12(16(22,23)24)7-13(17(25,26)27)29-15-10(20)5-2-6-11(15)21/h1-7,28H/b12-7-,29-13?. The summed E-state index contributed by atoms with van der Waals surface area (Å²) in [6, 6.07) is 7.51. The van der Waals surface area contributed by atoms with Crippen molar-refractivity contribution in [3.8, 4) is 0 Å². The number of aliphatic imine (C=N–C) groups is 1. The number of halogens is 10. The molecule has 0 aliphatic carbocycles. The van der Waals surface area contributed by atoms with E-state index < -0.39 is 35.1 Å². The van der Waals surface area contributed by atoms with Gasteiger partial charge in [0.25, 0.3) is 0 Å². The lowest BCUT2D eigenvalue weighted by molar-refractivity contribution is -0.0904. The Morgan fingerprint density at radius 1 is 0.759 bits per heavy atom. The minimum Gasteiger partial charge on any atom is -0.349 e. The average Bonchev–Trinajstić information content (AvgIpc) is 2.56. The average molecular weight is 496 g/mol. The molecule has 2 aromatic carbocycles. The van der Waals surface area contributed by atoms with E-state index in [0.29, 0.717) is 0 Å². The Bertz CT molecular complexity index is 927. The molecule has 0 spiro atoms. The van der Waals surface area contributed by atoms with Crippen molar-refractivity contribution < 1.29 is 26.3 Å². The predicted octanol–water partition coefficient (Wildman–Crippen LogP) is 8.49. The van der Waals surface area contributed by atoms with Crippen molar-refractivity contribution in [2.75, 3.05) is 5.32 Å². The molecule has 0 heterocycles. The molecule has 0 saturated carbocycles. The van der Waals surface area contributed by atoms with Crippen LogP contribution in [0.4, 0.5) is 37.7 Å². The third kappa shape index (κ3) is 6.18. The lowest BCUT2D eigenvalue weighted by Gasteiger charge is -2.18. The normalized spacial score (nSPS) is 13.6. The maximum atomic E-state index is 13.4. The molecule has 0 amide bonds. The van der Waals surface area contributed by atoms with Crippen molar-refractivity contribution in [2.24, 2.45) is 4.99 Å². The summed E-state index contributed by atoms with van der Waals surface area (Å²) < 4.78 is 80.5. The number of rotatable bonds is 4. The van der Waals surface area contributed by atoms with Crippen LogP contribution in [0.25, 0.3) is 0 Å². The van der Waals surface area contributed by atoms with Crippen LogP contribution in [0.15, 0.2) is 53.2 Å². The summed E-state index contributed by atoms with van der Waals surface area (Å²) in [7, 11) is 0. The van der Waals surface area contributed by atoms with E-state index in [1.54, 1.807) is 5.32 Å². The number of hydrogen-bond donors (Lipinski definition) is 1. The summed E-state index contributed by atoms with van der Waals surface area (Å²) in [5.74, 6) is 0. The zero-order valence-corrected chi connectivity index (χ0v) is 16.8. The molecule has 0 radical (unpaired) electrons. The SMILES string of the molecule is FC(F)(F)C(/C=C(\Nc1c(Cl)cccc1Cl)C(F)(F)F)=Nc1c(Cl)cccc1Cl. The van der Waals surface area contributed by atoms with Gasteiger partial charge >= 0.3 is 12.4 Å². The number of hydrogen-bond acceptors (Lipinski definition) is 2. The maximum Gasteiger partial charge on any atom is 0.433 e. The summed E-state index contributed by atoms with van der Waals surface area (Å²) >= 11 is 23.1. The lowest BCUT2D eigenvalue weighted by atomic mass is 10.2. The molecule has 2 nitrogen and oxygen atoms in total. The van der Waals surface area contributed by atoms with Crippen molar-refractivity contribution in [1.29, 1.82) is 0 Å². The molecule has 0 aromatic heterocycles. The number of anilines is 1. The number of benzene rings is 2. The second-order valence-electron chi connectivity index (χ2n) is 5.34. The highest BCUT2D eigenvalue weighted by atomic mass is 35.5. The smallest absolute Gasteiger partial charge is 0.349 e. The number of allylic oxidation sites excluding steroid dienone is 2. The highest BCUT2D eigenvalue weighted by Gasteiger charge is 2.40. The van der Waals surface area contributed by atoms with Crippen LogP contribution < -0.4 is 5.32 Å². The van der Waals surface area contributed by atoms with Crippen molar-refractivity contribution in [2.45, 2.75) is 12.4 Å². The molecular formula is C17H8Cl4F6N2. The summed E-state index contributed by atoms with van der Waals surface area (Å²) in [5.41, 5.74) is -4.64. The van der Waals surface area contributed by atoms with Gasteiger partial charge in [0.15, 0.2) is 0 Å². The fraction of sp³-hybridized carbons (Fsp3) is 0.118. The van der Waals surface area contributed by atoms with E-state index in [4.69, 9.17) is 46.4 Å². The maximum absolute atomic E-state index is 13.4. The summed E-state index contributed by atoms with van der Waals surface area (Å²) in [5, 5.41) is 0.790. The Hall–Kier alpha value is -1.61. The molecule has 0 aliphatic rings. The Balaban J connectivity index is 2.65. The fourth-order valence-corrected chi connectivity index (χ4v) is 2.95. The molecule has 0 fully saturated rings. The van der Waals surface area contributed by atoms with Gasteiger partial charge in [0.1, 0.15) is 17.1 Å². The van der Waals surface area contributed by atoms with Gasteiger partial charge in [-0.3, -0.25) is 0 Å². The van der Waals surface area contributed by atoms with Gasteiger partial charge in [-0.1, -0.05) is 58.5 Å². The van der Waals surface area contributed by atoms with Crippen LogP contribution in [0.2, 0.25) is 20.1 Å². The third-order valence-corrected chi connectivity index (χ3v) is 4.51. The molecule has 156 valence electrons. The van der Waals surface area contributed by atoms with Crippen LogP contribution in [0.5, 0.6) is 0 Å². The summed E-state index contributed by atoms with van der Waals surface area (Å²) in [6.07, 6.45) is -10.7. The van der Waals surface area contributed by atoms with Crippen LogP contribution in [0.3, 0.4) is 0 Å². The minimum absolute atomic E-state index is 0.223. The topological polar surface area (TPSA) is 24.4 Å². The number of para-hydroxylation sites is 2. The molecule has 0 unspecified atom stereocenters. The first-order valence-electron chi connectivity index (χ1n) is 7.40. The number of nitrogens with one attached hydrogen (secondary N) is 1. The lowest BCUT2D eigenvalue weighted by Crippen LogP contribution is -2.26. The molecular weight excluding hydrogens is 488 g/mol. The van der Waals surface area contributed by atoms with E-state index >= 15 is 0 Å². The molecule has 0 aliphatic heterocycles. The van der Waals surface area contributed by atoms with E-state index in [1.807, 2.05) is 0 Å². The van der Waals surface area contributed by atoms with Crippen LogP contribution in [-0.4, -0.2) is 18.1 Å². The predicted molar refractivity (Wildman–Crippen MR) is 104 cm³/mol. The van der Waals surface area contributed by atoms with Crippen molar-refractivity contribution in [3.63, 3.8) is 0 Å². The van der Waals surface area contributed by atoms with Crippen LogP contribution in [0, 0.1) is 0 Å². The fourth-order valence-electron chi connectivity index (χ4n) is 1.97. The zero-order valence-electron chi connectivity index (χ0n) is 13.8. The monoisotopic (exact) mass is 494 g/mol. The van der Waals surface area contributed by atoms with E-state index in [2.05, 4.69) is 4.99 Å². The summed E-state index contributed by atoms with van der Waals surface area (Å²) in [6.45, 7) is 0. The quantitative estimate of drug-likeness (QED) is 0.333. The summed E-state index contributed by atoms with van der Waals surface area (Å²) in [4.78, 5) is 3.21. The molecule has 29 heavy (non-hydrogen) atoms. The number of alkyl halides is 6. The van der Waals surface area contributed by atoms with Crippen LogP contribution in [0.1, 0.15) is 0 Å². The highest BCUT2D eigenvalue weighted by Crippen LogP contribution is 2.37. The van der Waals surface area contributed by atoms with Gasteiger partial charge < -0.3 is 5.32 Å². The molecule has 2 rings (SSSR count). The molecule has 0 bridgehead atoms. The molecule has 12 heteroatoms. The third-order valence-electron chi connectivity index (χ3n) is 3.27. The van der Waals surface area contributed by atoms with E-state index in [-0.39, 0.29) is 26.2 Å². The van der Waals surface area contributed by atoms with Gasteiger partial charge in [-0.2, -0.15) is 26.3 Å². The molecule has 0 saturated heterocycles. The van der Waals surface area contributed by atoms with Crippen LogP contribution >= 0.6 is 46.4 Å². The van der Waals surface area contributed by atoms with Gasteiger partial charge in [0.05, 0.1) is 25.8 Å². The highest BCUT2D eigenvalue weighted by molar-refractivity contribution is 6.39. The van der Waals surface area contributed by atoms with Gasteiger partial charge in [0, 0.05) is 0 Å². The minimum atomic E-state index is -5.26. The molecule has 0 atom stereocenters. The van der Waals surface area contributed by atoms with Gasteiger partial charge in [-0.25, -0.2) is 4.99 Å². The molecule has 1 N–H and O–H groups in total. The Morgan fingerprint density at radius 2 is 1.21 bits per heavy atom. The van der Waals surface area contributed by atoms with E-state index in [0.717, 1.165) is 0 Å². The zero-order chi connectivity index (χ0) is 22.0. The Kier molecular flexibility index (Phi) is 7.37. The van der Waals surface area contributed by atoms with Gasteiger partial charge in [0.2, 0.25) is 0 Å². The van der Waals surface area contributed by atoms with Crippen molar-refractivity contribution >= 4 is 63.5 Å². The molecule has 2 aromatic rings. The Morgan fingerprint density at radius 3 is 1.62 bits per heavy atom. The Labute approximate surface area is 180 Å². The van der Waals surface area contributed by atoms with E-state index in [9.17, 15) is 26.3 Å². The first-order valence-corrected chi connectivity index (χ1v) is 8.91. The largest absolute Gasteiger partial charge is 0.433 e.